The van der Waals surface area contributed by atoms with E-state index < -0.39 is 0 Å². The summed E-state index contributed by atoms with van der Waals surface area (Å²) in [6, 6.07) is 3.69. The highest BCUT2D eigenvalue weighted by atomic mass is 32.2. The van der Waals surface area contributed by atoms with Gasteiger partial charge in [-0.15, -0.1) is 0 Å². The molecular formula is C19H28N4O2S. The van der Waals surface area contributed by atoms with Crippen LogP contribution in [0.5, 0.6) is 0 Å². The molecule has 2 saturated heterocycles. The van der Waals surface area contributed by atoms with Gasteiger partial charge in [-0.05, 0) is 50.8 Å². The third-order valence-electron chi connectivity index (χ3n) is 5.21. The van der Waals surface area contributed by atoms with Gasteiger partial charge in [0.2, 0.25) is 5.91 Å². The summed E-state index contributed by atoms with van der Waals surface area (Å²) in [7, 11) is 0. The largest absolute Gasteiger partial charge is 0.348 e. The van der Waals surface area contributed by atoms with Crippen molar-refractivity contribution in [2.45, 2.75) is 49.4 Å². The second-order valence-corrected chi connectivity index (χ2v) is 8.53. The van der Waals surface area contributed by atoms with E-state index in [1.54, 1.807) is 18.3 Å². The molecule has 2 N–H and O–H groups in total. The van der Waals surface area contributed by atoms with Crippen molar-refractivity contribution in [1.29, 1.82) is 0 Å². The van der Waals surface area contributed by atoms with Gasteiger partial charge in [-0.1, -0.05) is 18.7 Å². The maximum atomic E-state index is 12.8. The molecule has 2 aliphatic rings. The van der Waals surface area contributed by atoms with E-state index in [-0.39, 0.29) is 23.1 Å². The monoisotopic (exact) mass is 376 g/mol. The van der Waals surface area contributed by atoms with Crippen molar-refractivity contribution in [2.24, 2.45) is 5.92 Å². The lowest BCUT2D eigenvalue weighted by Gasteiger charge is -2.30. The lowest BCUT2D eigenvalue weighted by Crippen LogP contribution is -2.50. The first kappa shape index (κ1) is 19.2. The molecule has 2 fully saturated rings. The maximum Gasteiger partial charge on any atom is 0.254 e. The van der Waals surface area contributed by atoms with Gasteiger partial charge in [0.25, 0.3) is 5.91 Å². The third-order valence-corrected chi connectivity index (χ3v) is 6.32. The van der Waals surface area contributed by atoms with Crippen LogP contribution in [0.4, 0.5) is 0 Å². The molecule has 2 aliphatic heterocycles. The number of nitrogens with one attached hydrogen (secondary N) is 2. The molecule has 6 nitrogen and oxygen atoms in total. The molecule has 3 heterocycles. The Morgan fingerprint density at radius 2 is 2.15 bits per heavy atom. The number of aromatic nitrogens is 1. The molecule has 3 unspecified atom stereocenters. The lowest BCUT2D eigenvalue weighted by molar-refractivity contribution is -0.129. The predicted octanol–water partition coefficient (Wildman–Crippen LogP) is 1.91. The van der Waals surface area contributed by atoms with Crippen molar-refractivity contribution in [1.82, 2.24) is 20.5 Å². The number of pyridine rings is 1. The van der Waals surface area contributed by atoms with Gasteiger partial charge in [-0.2, -0.15) is 0 Å². The van der Waals surface area contributed by atoms with Gasteiger partial charge in [-0.3, -0.25) is 9.59 Å². The van der Waals surface area contributed by atoms with Gasteiger partial charge in [0.15, 0.2) is 0 Å². The van der Waals surface area contributed by atoms with E-state index in [2.05, 4.69) is 22.5 Å². The van der Waals surface area contributed by atoms with Crippen LogP contribution in [0.15, 0.2) is 23.4 Å². The van der Waals surface area contributed by atoms with Gasteiger partial charge in [-0.25, -0.2) is 4.98 Å². The van der Waals surface area contributed by atoms with Crippen LogP contribution in [-0.2, 0) is 4.79 Å². The van der Waals surface area contributed by atoms with Crippen molar-refractivity contribution < 1.29 is 9.59 Å². The summed E-state index contributed by atoms with van der Waals surface area (Å²) < 4.78 is 0. The minimum Gasteiger partial charge on any atom is -0.348 e. The third kappa shape index (κ3) is 4.57. The first-order chi connectivity index (χ1) is 12.6. The number of carbonyl (C=O) groups excluding carboxylic acids is 2. The van der Waals surface area contributed by atoms with Crippen LogP contribution in [0.2, 0.25) is 0 Å². The van der Waals surface area contributed by atoms with Crippen LogP contribution in [0, 0.1) is 5.92 Å². The number of amides is 2. The van der Waals surface area contributed by atoms with Crippen molar-refractivity contribution in [3.05, 3.63) is 23.9 Å². The number of nitrogens with zero attached hydrogens (tertiary/aromatic N) is 2. The fourth-order valence-corrected chi connectivity index (χ4v) is 4.49. The molecule has 0 bridgehead atoms. The zero-order chi connectivity index (χ0) is 18.5. The number of hydrogen-bond donors (Lipinski definition) is 2. The minimum absolute atomic E-state index is 0.109. The van der Waals surface area contributed by atoms with Crippen LogP contribution in [-0.4, -0.2) is 59.2 Å². The Morgan fingerprint density at radius 3 is 2.88 bits per heavy atom. The summed E-state index contributed by atoms with van der Waals surface area (Å²) in [5, 5.41) is 6.84. The van der Waals surface area contributed by atoms with E-state index >= 15 is 0 Å². The van der Waals surface area contributed by atoms with Crippen molar-refractivity contribution in [2.75, 3.05) is 26.2 Å². The normalized spacial score (nSPS) is 24.3. The Bertz CT molecular complexity index is 648. The number of hydrogen-bond acceptors (Lipinski definition) is 5. The number of rotatable bonds is 5. The zero-order valence-electron chi connectivity index (χ0n) is 15.5. The first-order valence-electron chi connectivity index (χ1n) is 9.48. The fourth-order valence-electron chi connectivity index (χ4n) is 3.50. The molecule has 1 aromatic heterocycles. The molecular weight excluding hydrogens is 348 g/mol. The Morgan fingerprint density at radius 1 is 1.38 bits per heavy atom. The molecule has 0 spiro atoms. The number of thioether (sulfide) groups is 1. The highest BCUT2D eigenvalue weighted by molar-refractivity contribution is 8.00. The van der Waals surface area contributed by atoms with Gasteiger partial charge < -0.3 is 15.5 Å². The molecule has 0 aromatic carbocycles. The molecule has 7 heteroatoms. The minimum atomic E-state index is -0.246. The summed E-state index contributed by atoms with van der Waals surface area (Å²) >= 11 is 1.38. The standard InChI is InChI=1S/C19H28N4O2S/c1-13-7-9-20-12-16(13)22-17(24)15-6-5-8-21-18(15)26-14(2)19(25)23-10-3-4-11-23/h5-6,8,13-14,16,20H,3-4,7,9-12H2,1-2H3,(H,22,24). The van der Waals surface area contributed by atoms with Crippen LogP contribution in [0.3, 0.4) is 0 Å². The van der Waals surface area contributed by atoms with Crippen molar-refractivity contribution >= 4 is 23.6 Å². The first-order valence-corrected chi connectivity index (χ1v) is 10.4. The Hall–Kier alpha value is -1.60. The smallest absolute Gasteiger partial charge is 0.254 e. The van der Waals surface area contributed by atoms with E-state index in [0.29, 0.717) is 16.5 Å². The van der Waals surface area contributed by atoms with Crippen LogP contribution in [0.25, 0.3) is 0 Å². The molecule has 142 valence electrons. The van der Waals surface area contributed by atoms with E-state index in [1.165, 1.54) is 11.8 Å². The molecule has 2 amide bonds. The second kappa shape index (κ2) is 8.86. The van der Waals surface area contributed by atoms with E-state index in [0.717, 1.165) is 45.4 Å². The predicted molar refractivity (Wildman–Crippen MR) is 103 cm³/mol. The molecule has 0 aliphatic carbocycles. The number of likely N-dealkylation sites (tertiary alicyclic amines) is 1. The van der Waals surface area contributed by atoms with Crippen LogP contribution in [0.1, 0.15) is 43.5 Å². The van der Waals surface area contributed by atoms with Crippen molar-refractivity contribution in [3.8, 4) is 0 Å². The van der Waals surface area contributed by atoms with E-state index in [1.807, 2.05) is 11.8 Å². The summed E-state index contributed by atoms with van der Waals surface area (Å²) in [4.78, 5) is 31.6. The molecule has 3 atom stereocenters. The highest BCUT2D eigenvalue weighted by Crippen LogP contribution is 2.27. The Labute approximate surface area is 159 Å². The second-order valence-electron chi connectivity index (χ2n) is 7.20. The highest BCUT2D eigenvalue weighted by Gasteiger charge is 2.27. The van der Waals surface area contributed by atoms with Gasteiger partial charge in [0, 0.05) is 31.9 Å². The number of carbonyl (C=O) groups is 2. The topological polar surface area (TPSA) is 74.3 Å². The molecule has 1 aromatic rings. The number of piperidine rings is 1. The maximum absolute atomic E-state index is 12.8. The average Bonchev–Trinajstić information content (AvgIpc) is 3.18. The molecule has 0 saturated carbocycles. The fraction of sp³-hybridized carbons (Fsp3) is 0.632. The SMILES string of the molecule is CC(Sc1ncccc1C(=O)NC1CNCCC1C)C(=O)N1CCCC1. The van der Waals surface area contributed by atoms with Crippen LogP contribution >= 0.6 is 11.8 Å². The van der Waals surface area contributed by atoms with E-state index in [9.17, 15) is 9.59 Å². The van der Waals surface area contributed by atoms with Crippen molar-refractivity contribution in [3.63, 3.8) is 0 Å². The Kier molecular flexibility index (Phi) is 6.53. The lowest BCUT2D eigenvalue weighted by atomic mass is 9.94. The summed E-state index contributed by atoms with van der Waals surface area (Å²) in [6.45, 7) is 7.53. The molecule has 3 rings (SSSR count). The summed E-state index contributed by atoms with van der Waals surface area (Å²) in [5.74, 6) is 0.472. The quantitative estimate of drug-likeness (QED) is 0.768. The zero-order valence-corrected chi connectivity index (χ0v) is 16.3. The average molecular weight is 377 g/mol. The van der Waals surface area contributed by atoms with E-state index in [4.69, 9.17) is 0 Å². The van der Waals surface area contributed by atoms with Gasteiger partial charge in [0.05, 0.1) is 10.8 Å². The molecule has 26 heavy (non-hydrogen) atoms. The van der Waals surface area contributed by atoms with Gasteiger partial charge >= 0.3 is 0 Å². The Balaban J connectivity index is 1.67. The summed E-state index contributed by atoms with van der Waals surface area (Å²) in [5.41, 5.74) is 0.552. The summed E-state index contributed by atoms with van der Waals surface area (Å²) in [6.07, 6.45) is 4.89. The molecule has 0 radical (unpaired) electrons. The van der Waals surface area contributed by atoms with Crippen LogP contribution < -0.4 is 10.6 Å². The van der Waals surface area contributed by atoms with Gasteiger partial charge in [0.1, 0.15) is 5.03 Å².